The zero-order chi connectivity index (χ0) is 22.9. The second-order valence-electron chi connectivity index (χ2n) is 7.72. The Balaban J connectivity index is 1.47. The predicted octanol–water partition coefficient (Wildman–Crippen LogP) is 1.12. The number of morpholine rings is 1. The third kappa shape index (κ3) is 6.14. The second kappa shape index (κ2) is 11.7. The first-order chi connectivity index (χ1) is 15.5. The zero-order valence-electron chi connectivity index (χ0n) is 19.2. The smallest absolute Gasteiger partial charge is 0.236 e. The molecule has 2 saturated heterocycles. The van der Waals surface area contributed by atoms with Crippen LogP contribution in [0.2, 0.25) is 0 Å². The van der Waals surface area contributed by atoms with Crippen molar-refractivity contribution in [2.75, 3.05) is 80.4 Å². The van der Waals surface area contributed by atoms with E-state index in [-0.39, 0.29) is 11.8 Å². The van der Waals surface area contributed by atoms with Crippen LogP contribution in [0.15, 0.2) is 18.2 Å². The molecule has 9 heteroatoms. The molecule has 2 amide bonds. The largest absolute Gasteiger partial charge is 0.493 e. The minimum Gasteiger partial charge on any atom is -0.493 e. The molecule has 2 fully saturated rings. The number of rotatable bonds is 8. The molecule has 2 aliphatic heterocycles. The molecule has 2 aliphatic rings. The van der Waals surface area contributed by atoms with Crippen LogP contribution in [0.4, 0.5) is 0 Å². The number of nitrogens with zero attached hydrogens (tertiary/aromatic N) is 3. The summed E-state index contributed by atoms with van der Waals surface area (Å²) >= 11 is 0. The van der Waals surface area contributed by atoms with E-state index in [0.717, 1.165) is 5.56 Å². The summed E-state index contributed by atoms with van der Waals surface area (Å²) in [5.41, 5.74) is 0.860. The number of carbonyl (C=O) groups is 2. The first-order valence-electron chi connectivity index (χ1n) is 10.9. The van der Waals surface area contributed by atoms with Crippen LogP contribution < -0.4 is 14.2 Å². The van der Waals surface area contributed by atoms with Gasteiger partial charge in [0.2, 0.25) is 17.6 Å². The summed E-state index contributed by atoms with van der Waals surface area (Å²) in [5.74, 6) is 1.89. The maximum atomic E-state index is 12.6. The van der Waals surface area contributed by atoms with Gasteiger partial charge in [0.05, 0.1) is 41.1 Å². The number of benzene rings is 1. The number of ether oxygens (including phenoxy) is 4. The molecule has 9 nitrogen and oxygen atoms in total. The van der Waals surface area contributed by atoms with Crippen LogP contribution in [0, 0.1) is 0 Å². The zero-order valence-corrected chi connectivity index (χ0v) is 19.2. The lowest BCUT2D eigenvalue weighted by Crippen LogP contribution is -2.52. The van der Waals surface area contributed by atoms with Crippen molar-refractivity contribution >= 4 is 17.9 Å². The van der Waals surface area contributed by atoms with Gasteiger partial charge in [0.25, 0.3) is 0 Å². The predicted molar refractivity (Wildman–Crippen MR) is 120 cm³/mol. The third-order valence-corrected chi connectivity index (χ3v) is 5.74. The van der Waals surface area contributed by atoms with E-state index in [9.17, 15) is 9.59 Å². The average Bonchev–Trinajstić information content (AvgIpc) is 2.84. The van der Waals surface area contributed by atoms with Crippen molar-refractivity contribution in [3.63, 3.8) is 0 Å². The minimum absolute atomic E-state index is 0.0767. The van der Waals surface area contributed by atoms with Crippen molar-refractivity contribution in [3.8, 4) is 17.2 Å². The van der Waals surface area contributed by atoms with Crippen molar-refractivity contribution in [2.45, 2.75) is 6.42 Å². The van der Waals surface area contributed by atoms with Gasteiger partial charge >= 0.3 is 0 Å². The fourth-order valence-corrected chi connectivity index (χ4v) is 3.88. The first-order valence-corrected chi connectivity index (χ1v) is 10.9. The molecule has 176 valence electrons. The monoisotopic (exact) mass is 447 g/mol. The lowest BCUT2D eigenvalue weighted by atomic mass is 10.1. The van der Waals surface area contributed by atoms with Gasteiger partial charge in [0.1, 0.15) is 0 Å². The van der Waals surface area contributed by atoms with Crippen molar-refractivity contribution in [1.82, 2.24) is 14.7 Å². The van der Waals surface area contributed by atoms with E-state index in [1.54, 1.807) is 21.3 Å². The number of hydrogen-bond donors (Lipinski definition) is 0. The Morgan fingerprint density at radius 2 is 1.47 bits per heavy atom. The number of carbonyl (C=O) groups excluding carboxylic acids is 2. The van der Waals surface area contributed by atoms with Crippen LogP contribution in [0.25, 0.3) is 6.08 Å². The van der Waals surface area contributed by atoms with E-state index in [0.29, 0.717) is 82.7 Å². The highest BCUT2D eigenvalue weighted by molar-refractivity contribution is 5.80. The normalized spacial score (nSPS) is 17.5. The molecule has 0 N–H and O–H groups in total. The highest BCUT2D eigenvalue weighted by Gasteiger charge is 2.24. The molecule has 0 unspecified atom stereocenters. The maximum Gasteiger partial charge on any atom is 0.236 e. The standard InChI is InChI=1S/C23H33N3O6/c1-29-19-15-18(16-20(30-2)23(19)31-3)5-4-6-21(27)25-9-7-24(8-10-25)17-22(28)26-11-13-32-14-12-26/h4-5,15-16H,6-14,17H2,1-3H3. The number of hydrogen-bond acceptors (Lipinski definition) is 7. The molecule has 3 rings (SSSR count). The van der Waals surface area contributed by atoms with Gasteiger partial charge < -0.3 is 28.7 Å². The SMILES string of the molecule is COc1cc(C=CCC(=O)N2CCN(CC(=O)N3CCOCC3)CC2)cc(OC)c1OC. The molecule has 1 aromatic rings. The minimum atomic E-state index is 0.0767. The molecule has 0 bridgehead atoms. The summed E-state index contributed by atoms with van der Waals surface area (Å²) in [7, 11) is 4.71. The Kier molecular flexibility index (Phi) is 8.75. The van der Waals surface area contributed by atoms with Crippen LogP contribution in [-0.2, 0) is 14.3 Å². The fraction of sp³-hybridized carbons (Fsp3) is 0.565. The molecule has 0 atom stereocenters. The van der Waals surface area contributed by atoms with Crippen molar-refractivity contribution < 1.29 is 28.5 Å². The summed E-state index contributed by atoms with van der Waals surface area (Å²) in [6.07, 6.45) is 4.03. The molecule has 0 spiro atoms. The third-order valence-electron chi connectivity index (χ3n) is 5.74. The fourth-order valence-electron chi connectivity index (χ4n) is 3.88. The van der Waals surface area contributed by atoms with Crippen LogP contribution in [0.3, 0.4) is 0 Å². The highest BCUT2D eigenvalue weighted by atomic mass is 16.5. The van der Waals surface area contributed by atoms with Gasteiger partial charge in [0, 0.05) is 45.7 Å². The van der Waals surface area contributed by atoms with Gasteiger partial charge in [-0.25, -0.2) is 0 Å². The molecular formula is C23H33N3O6. The molecule has 0 radical (unpaired) electrons. The van der Waals surface area contributed by atoms with E-state index >= 15 is 0 Å². The number of piperazine rings is 1. The summed E-state index contributed by atoms with van der Waals surface area (Å²) in [6.45, 7) is 5.63. The summed E-state index contributed by atoms with van der Waals surface area (Å²) in [6, 6.07) is 3.68. The van der Waals surface area contributed by atoms with Crippen LogP contribution in [0.1, 0.15) is 12.0 Å². The van der Waals surface area contributed by atoms with Gasteiger partial charge in [-0.05, 0) is 17.7 Å². The molecule has 0 aliphatic carbocycles. The van der Waals surface area contributed by atoms with Crippen LogP contribution in [0.5, 0.6) is 17.2 Å². The van der Waals surface area contributed by atoms with Gasteiger partial charge in [-0.15, -0.1) is 0 Å². The molecule has 32 heavy (non-hydrogen) atoms. The van der Waals surface area contributed by atoms with Gasteiger partial charge in [-0.2, -0.15) is 0 Å². The Morgan fingerprint density at radius 1 is 0.875 bits per heavy atom. The van der Waals surface area contributed by atoms with Crippen LogP contribution in [-0.4, -0.2) is 107 Å². The molecule has 0 aromatic heterocycles. The van der Waals surface area contributed by atoms with Gasteiger partial charge in [-0.1, -0.05) is 12.2 Å². The number of methoxy groups -OCH3 is 3. The second-order valence-corrected chi connectivity index (χ2v) is 7.72. The Morgan fingerprint density at radius 3 is 2.03 bits per heavy atom. The summed E-state index contributed by atoms with van der Waals surface area (Å²) in [5, 5.41) is 0. The van der Waals surface area contributed by atoms with Crippen molar-refractivity contribution in [3.05, 3.63) is 23.8 Å². The average molecular weight is 448 g/mol. The number of amides is 2. The lowest BCUT2D eigenvalue weighted by Gasteiger charge is -2.36. The van der Waals surface area contributed by atoms with E-state index in [1.165, 1.54) is 0 Å². The van der Waals surface area contributed by atoms with Gasteiger partial charge in [0.15, 0.2) is 11.5 Å². The Bertz CT molecular complexity index is 789. The maximum absolute atomic E-state index is 12.6. The Labute approximate surface area is 189 Å². The topological polar surface area (TPSA) is 80.8 Å². The first kappa shape index (κ1) is 23.9. The van der Waals surface area contributed by atoms with E-state index in [4.69, 9.17) is 18.9 Å². The van der Waals surface area contributed by atoms with Crippen LogP contribution >= 0.6 is 0 Å². The molecule has 0 saturated carbocycles. The van der Waals surface area contributed by atoms with E-state index < -0.39 is 0 Å². The Hall–Kier alpha value is -2.78. The quantitative estimate of drug-likeness (QED) is 0.591. The van der Waals surface area contributed by atoms with E-state index in [1.807, 2.05) is 34.1 Å². The molecule has 1 aromatic carbocycles. The summed E-state index contributed by atoms with van der Waals surface area (Å²) < 4.78 is 21.4. The molecule has 2 heterocycles. The summed E-state index contributed by atoms with van der Waals surface area (Å²) in [4.78, 5) is 30.8. The van der Waals surface area contributed by atoms with Crippen molar-refractivity contribution in [2.24, 2.45) is 0 Å². The highest BCUT2D eigenvalue weighted by Crippen LogP contribution is 2.38. The lowest BCUT2D eigenvalue weighted by molar-refractivity contribution is -0.137. The van der Waals surface area contributed by atoms with Crippen molar-refractivity contribution in [1.29, 1.82) is 0 Å². The molecular weight excluding hydrogens is 414 g/mol. The van der Waals surface area contributed by atoms with Gasteiger partial charge in [-0.3, -0.25) is 14.5 Å². The van der Waals surface area contributed by atoms with E-state index in [2.05, 4.69) is 4.90 Å².